The first kappa shape index (κ1) is 12.2. The molecule has 88 valence electrons. The van der Waals surface area contributed by atoms with E-state index >= 15 is 0 Å². The van der Waals surface area contributed by atoms with Crippen LogP contribution >= 0.6 is 0 Å². The smallest absolute Gasteiger partial charge is 0.303 e. The van der Waals surface area contributed by atoms with Crippen LogP contribution in [0.25, 0.3) is 0 Å². The molecule has 0 aliphatic heterocycles. The Kier molecular flexibility index (Phi) is 4.01. The zero-order chi connectivity index (χ0) is 12.1. The molecule has 1 amide bonds. The topological polar surface area (TPSA) is 110 Å². The quantitative estimate of drug-likeness (QED) is 0.629. The number of anilines is 1. The summed E-state index contributed by atoms with van der Waals surface area (Å²) in [6.07, 6.45) is 3.10. The Bertz CT molecular complexity index is 388. The van der Waals surface area contributed by atoms with Crippen molar-refractivity contribution in [2.75, 3.05) is 5.32 Å². The van der Waals surface area contributed by atoms with E-state index in [9.17, 15) is 9.59 Å². The molecule has 1 rings (SSSR count). The first-order valence-corrected chi connectivity index (χ1v) is 4.76. The van der Waals surface area contributed by atoms with Crippen molar-refractivity contribution in [1.29, 1.82) is 0 Å². The van der Waals surface area contributed by atoms with Crippen LogP contribution in [0.4, 0.5) is 5.69 Å². The lowest BCUT2D eigenvalue weighted by Gasteiger charge is -2.09. The van der Waals surface area contributed by atoms with Crippen LogP contribution in [0.2, 0.25) is 0 Å². The molecule has 0 aliphatic carbocycles. The summed E-state index contributed by atoms with van der Waals surface area (Å²) in [5.41, 5.74) is 6.06. The summed E-state index contributed by atoms with van der Waals surface area (Å²) in [6.45, 7) is 0. The minimum Gasteiger partial charge on any atom is -0.481 e. The van der Waals surface area contributed by atoms with Crippen LogP contribution in [-0.4, -0.2) is 32.8 Å². The Morgan fingerprint density at radius 3 is 2.88 bits per heavy atom. The van der Waals surface area contributed by atoms with E-state index in [-0.39, 0.29) is 12.8 Å². The first-order chi connectivity index (χ1) is 7.49. The molecule has 0 bridgehead atoms. The number of rotatable bonds is 5. The van der Waals surface area contributed by atoms with Crippen LogP contribution in [0.5, 0.6) is 0 Å². The van der Waals surface area contributed by atoms with Crippen molar-refractivity contribution in [3.8, 4) is 0 Å². The molecule has 0 aromatic carbocycles. The molecule has 16 heavy (non-hydrogen) atoms. The molecule has 1 aromatic rings. The van der Waals surface area contributed by atoms with Gasteiger partial charge in [0, 0.05) is 19.7 Å². The number of nitrogens with two attached hydrogens (primary N) is 1. The van der Waals surface area contributed by atoms with Gasteiger partial charge in [-0.2, -0.15) is 5.10 Å². The SMILES string of the molecule is Cn1cc(NC(=O)C(N)CCC(=O)O)cn1. The lowest BCUT2D eigenvalue weighted by Crippen LogP contribution is -2.35. The van der Waals surface area contributed by atoms with Gasteiger partial charge >= 0.3 is 5.97 Å². The summed E-state index contributed by atoms with van der Waals surface area (Å²) in [5.74, 6) is -1.38. The fourth-order valence-electron chi connectivity index (χ4n) is 1.13. The average Bonchev–Trinajstić information content (AvgIpc) is 2.60. The number of aryl methyl sites for hydroxylation is 1. The Labute approximate surface area is 92.2 Å². The normalized spacial score (nSPS) is 12.1. The van der Waals surface area contributed by atoms with E-state index < -0.39 is 17.9 Å². The van der Waals surface area contributed by atoms with Crippen LogP contribution in [0.15, 0.2) is 12.4 Å². The third kappa shape index (κ3) is 3.70. The molecule has 7 heteroatoms. The highest BCUT2D eigenvalue weighted by molar-refractivity contribution is 5.94. The van der Waals surface area contributed by atoms with Crippen molar-refractivity contribution in [1.82, 2.24) is 9.78 Å². The van der Waals surface area contributed by atoms with Gasteiger partial charge in [0.1, 0.15) is 0 Å². The maximum atomic E-state index is 11.5. The number of carboxylic acid groups (broad SMARTS) is 1. The van der Waals surface area contributed by atoms with Crippen molar-refractivity contribution >= 4 is 17.6 Å². The Balaban J connectivity index is 2.42. The molecular formula is C9H14N4O3. The number of nitrogens with one attached hydrogen (secondary N) is 1. The lowest BCUT2D eigenvalue weighted by atomic mass is 10.1. The Hall–Kier alpha value is -1.89. The predicted octanol–water partition coefficient (Wildman–Crippen LogP) is -0.449. The van der Waals surface area contributed by atoms with Gasteiger partial charge in [0.15, 0.2) is 0 Å². The van der Waals surface area contributed by atoms with Gasteiger partial charge in [-0.3, -0.25) is 14.3 Å². The first-order valence-electron chi connectivity index (χ1n) is 4.76. The Morgan fingerprint density at radius 1 is 1.69 bits per heavy atom. The Morgan fingerprint density at radius 2 is 2.38 bits per heavy atom. The van der Waals surface area contributed by atoms with Crippen LogP contribution in [-0.2, 0) is 16.6 Å². The monoisotopic (exact) mass is 226 g/mol. The van der Waals surface area contributed by atoms with Crippen LogP contribution in [0.1, 0.15) is 12.8 Å². The van der Waals surface area contributed by atoms with E-state index in [1.807, 2.05) is 0 Å². The van der Waals surface area contributed by atoms with Gasteiger partial charge in [0.2, 0.25) is 5.91 Å². The molecule has 0 saturated heterocycles. The lowest BCUT2D eigenvalue weighted by molar-refractivity contribution is -0.137. The number of carbonyl (C=O) groups excluding carboxylic acids is 1. The molecule has 0 fully saturated rings. The van der Waals surface area contributed by atoms with Crippen molar-refractivity contribution in [2.45, 2.75) is 18.9 Å². The van der Waals surface area contributed by atoms with Crippen molar-refractivity contribution in [3.63, 3.8) is 0 Å². The van der Waals surface area contributed by atoms with Crippen molar-refractivity contribution in [3.05, 3.63) is 12.4 Å². The highest BCUT2D eigenvalue weighted by Gasteiger charge is 2.15. The third-order valence-electron chi connectivity index (χ3n) is 1.98. The fourth-order valence-corrected chi connectivity index (χ4v) is 1.13. The molecule has 1 heterocycles. The number of aromatic nitrogens is 2. The van der Waals surface area contributed by atoms with Gasteiger partial charge in [-0.1, -0.05) is 0 Å². The van der Waals surface area contributed by atoms with Crippen molar-refractivity contribution < 1.29 is 14.7 Å². The number of carboxylic acids is 1. The molecule has 4 N–H and O–H groups in total. The van der Waals surface area contributed by atoms with Crippen LogP contribution in [0, 0.1) is 0 Å². The summed E-state index contributed by atoms with van der Waals surface area (Å²) in [4.78, 5) is 21.8. The van der Waals surface area contributed by atoms with Gasteiger partial charge in [0.05, 0.1) is 17.9 Å². The molecule has 1 aromatic heterocycles. The van der Waals surface area contributed by atoms with E-state index in [0.717, 1.165) is 0 Å². The molecule has 1 atom stereocenters. The van der Waals surface area contributed by atoms with Crippen LogP contribution in [0.3, 0.4) is 0 Å². The standard InChI is InChI=1S/C9H14N4O3/c1-13-5-6(4-11-13)12-9(16)7(10)2-3-8(14)15/h4-5,7H,2-3,10H2,1H3,(H,12,16)(H,14,15). The zero-order valence-electron chi connectivity index (χ0n) is 8.88. The summed E-state index contributed by atoms with van der Waals surface area (Å²) in [6, 6.07) is -0.823. The van der Waals surface area contributed by atoms with Gasteiger partial charge in [0.25, 0.3) is 0 Å². The van der Waals surface area contributed by atoms with Gasteiger partial charge in [-0.05, 0) is 6.42 Å². The molecule has 0 spiro atoms. The summed E-state index contributed by atoms with van der Waals surface area (Å²) in [7, 11) is 1.72. The van der Waals surface area contributed by atoms with E-state index in [2.05, 4.69) is 10.4 Å². The number of carbonyl (C=O) groups is 2. The summed E-state index contributed by atoms with van der Waals surface area (Å²) in [5, 5.41) is 14.9. The summed E-state index contributed by atoms with van der Waals surface area (Å²) >= 11 is 0. The van der Waals surface area contributed by atoms with E-state index in [1.165, 1.54) is 6.20 Å². The fraction of sp³-hybridized carbons (Fsp3) is 0.444. The third-order valence-corrected chi connectivity index (χ3v) is 1.98. The number of hydrogen-bond donors (Lipinski definition) is 3. The van der Waals surface area contributed by atoms with Gasteiger partial charge in [-0.15, -0.1) is 0 Å². The molecule has 7 nitrogen and oxygen atoms in total. The summed E-state index contributed by atoms with van der Waals surface area (Å²) < 4.78 is 1.54. The van der Waals surface area contributed by atoms with E-state index in [1.54, 1.807) is 17.9 Å². The minimum absolute atomic E-state index is 0.113. The largest absolute Gasteiger partial charge is 0.481 e. The number of hydrogen-bond acceptors (Lipinski definition) is 4. The number of aliphatic carboxylic acids is 1. The molecule has 0 radical (unpaired) electrons. The second kappa shape index (κ2) is 5.26. The van der Waals surface area contributed by atoms with Gasteiger partial charge < -0.3 is 16.2 Å². The average molecular weight is 226 g/mol. The molecular weight excluding hydrogens is 212 g/mol. The zero-order valence-corrected chi connectivity index (χ0v) is 8.88. The second-order valence-corrected chi connectivity index (χ2v) is 3.43. The second-order valence-electron chi connectivity index (χ2n) is 3.43. The maximum Gasteiger partial charge on any atom is 0.303 e. The van der Waals surface area contributed by atoms with Crippen molar-refractivity contribution in [2.24, 2.45) is 12.8 Å². The predicted molar refractivity (Wildman–Crippen MR) is 56.7 cm³/mol. The highest BCUT2D eigenvalue weighted by Crippen LogP contribution is 2.05. The number of nitrogens with zero attached hydrogens (tertiary/aromatic N) is 2. The van der Waals surface area contributed by atoms with E-state index in [4.69, 9.17) is 10.8 Å². The highest BCUT2D eigenvalue weighted by atomic mass is 16.4. The minimum atomic E-state index is -0.968. The molecule has 0 saturated carbocycles. The molecule has 1 unspecified atom stereocenters. The van der Waals surface area contributed by atoms with E-state index in [0.29, 0.717) is 5.69 Å². The maximum absolute atomic E-state index is 11.5. The van der Waals surface area contributed by atoms with Crippen LogP contribution < -0.4 is 11.1 Å². The van der Waals surface area contributed by atoms with Gasteiger partial charge in [-0.25, -0.2) is 0 Å². The molecule has 0 aliphatic rings. The number of amides is 1.